The molecule has 1 unspecified atom stereocenters. The van der Waals surface area contributed by atoms with Crippen molar-refractivity contribution in [2.24, 2.45) is 0 Å². The highest BCUT2D eigenvalue weighted by molar-refractivity contribution is 7.99. The van der Waals surface area contributed by atoms with E-state index in [2.05, 4.69) is 5.32 Å². The summed E-state index contributed by atoms with van der Waals surface area (Å²) in [5.74, 6) is 0.587. The molecule has 0 bridgehead atoms. The SMILES string of the molecule is CCC(Cl)CNC(=O)CSC. The number of carbonyl (C=O) groups is 1. The Kier molecular flexibility index (Phi) is 6.87. The molecule has 0 rings (SSSR count). The molecular formula is C7H14ClNOS. The molecule has 0 saturated carbocycles. The number of nitrogens with one attached hydrogen (secondary N) is 1. The quantitative estimate of drug-likeness (QED) is 0.674. The van der Waals surface area contributed by atoms with Crippen molar-refractivity contribution in [2.75, 3.05) is 18.6 Å². The smallest absolute Gasteiger partial charge is 0.230 e. The first-order chi connectivity index (χ1) is 5.20. The van der Waals surface area contributed by atoms with E-state index in [1.807, 2.05) is 13.2 Å². The van der Waals surface area contributed by atoms with E-state index in [-0.39, 0.29) is 11.3 Å². The molecule has 4 heteroatoms. The van der Waals surface area contributed by atoms with Crippen LogP contribution in [0.5, 0.6) is 0 Å². The topological polar surface area (TPSA) is 29.1 Å². The van der Waals surface area contributed by atoms with Gasteiger partial charge in [-0.3, -0.25) is 4.79 Å². The van der Waals surface area contributed by atoms with Crippen molar-refractivity contribution in [3.63, 3.8) is 0 Å². The minimum Gasteiger partial charge on any atom is -0.354 e. The minimum absolute atomic E-state index is 0.0663. The number of thioether (sulfide) groups is 1. The largest absolute Gasteiger partial charge is 0.354 e. The van der Waals surface area contributed by atoms with Crippen LogP contribution in [0.4, 0.5) is 0 Å². The van der Waals surface area contributed by atoms with Crippen LogP contribution in [0.3, 0.4) is 0 Å². The number of rotatable bonds is 5. The van der Waals surface area contributed by atoms with Crippen molar-refractivity contribution >= 4 is 29.3 Å². The van der Waals surface area contributed by atoms with Gasteiger partial charge in [-0.05, 0) is 12.7 Å². The number of hydrogen-bond donors (Lipinski definition) is 1. The minimum atomic E-state index is 0.0663. The highest BCUT2D eigenvalue weighted by Crippen LogP contribution is 1.98. The monoisotopic (exact) mass is 195 g/mol. The standard InChI is InChI=1S/C7H14ClNOS/c1-3-6(8)4-9-7(10)5-11-2/h6H,3-5H2,1-2H3,(H,9,10). The molecular weight excluding hydrogens is 182 g/mol. The van der Waals surface area contributed by atoms with Crippen molar-refractivity contribution < 1.29 is 4.79 Å². The van der Waals surface area contributed by atoms with Crippen LogP contribution in [0, 0.1) is 0 Å². The van der Waals surface area contributed by atoms with Gasteiger partial charge in [-0.15, -0.1) is 11.6 Å². The molecule has 0 aromatic rings. The van der Waals surface area contributed by atoms with Gasteiger partial charge >= 0.3 is 0 Å². The van der Waals surface area contributed by atoms with E-state index in [4.69, 9.17) is 11.6 Å². The third-order valence-electron chi connectivity index (χ3n) is 1.24. The molecule has 11 heavy (non-hydrogen) atoms. The van der Waals surface area contributed by atoms with Crippen LogP contribution in [-0.4, -0.2) is 29.8 Å². The summed E-state index contributed by atoms with van der Waals surface area (Å²) in [6.45, 7) is 2.58. The van der Waals surface area contributed by atoms with E-state index < -0.39 is 0 Å². The Labute approximate surface area is 77.1 Å². The van der Waals surface area contributed by atoms with Crippen molar-refractivity contribution in [1.82, 2.24) is 5.32 Å². The van der Waals surface area contributed by atoms with Gasteiger partial charge in [-0.25, -0.2) is 0 Å². The van der Waals surface area contributed by atoms with Gasteiger partial charge in [0.25, 0.3) is 0 Å². The fraction of sp³-hybridized carbons (Fsp3) is 0.857. The third-order valence-corrected chi connectivity index (χ3v) is 2.25. The highest BCUT2D eigenvalue weighted by Gasteiger charge is 2.03. The summed E-state index contributed by atoms with van der Waals surface area (Å²) in [5.41, 5.74) is 0. The van der Waals surface area contributed by atoms with E-state index in [0.29, 0.717) is 12.3 Å². The van der Waals surface area contributed by atoms with E-state index in [1.54, 1.807) is 0 Å². The van der Waals surface area contributed by atoms with Gasteiger partial charge in [0.05, 0.1) is 11.1 Å². The molecule has 0 aliphatic carbocycles. The summed E-state index contributed by atoms with van der Waals surface area (Å²) in [6, 6.07) is 0. The third kappa shape index (κ3) is 6.51. The molecule has 0 radical (unpaired) electrons. The van der Waals surface area contributed by atoms with Gasteiger partial charge in [-0.1, -0.05) is 6.92 Å². The Morgan fingerprint density at radius 1 is 1.73 bits per heavy atom. The molecule has 0 fully saturated rings. The molecule has 1 amide bonds. The maximum atomic E-state index is 10.9. The summed E-state index contributed by atoms with van der Waals surface area (Å²) in [5, 5.41) is 2.81. The number of halogens is 1. The van der Waals surface area contributed by atoms with Crippen molar-refractivity contribution in [1.29, 1.82) is 0 Å². The molecule has 1 atom stereocenters. The summed E-state index contributed by atoms with van der Waals surface area (Å²) in [4.78, 5) is 10.9. The van der Waals surface area contributed by atoms with E-state index in [1.165, 1.54) is 11.8 Å². The zero-order valence-corrected chi connectivity index (χ0v) is 8.47. The van der Waals surface area contributed by atoms with Gasteiger partial charge in [0.1, 0.15) is 0 Å². The zero-order valence-electron chi connectivity index (χ0n) is 6.89. The lowest BCUT2D eigenvalue weighted by atomic mass is 10.3. The molecule has 0 aromatic carbocycles. The Hall–Kier alpha value is 0.110. The Morgan fingerprint density at radius 3 is 2.82 bits per heavy atom. The van der Waals surface area contributed by atoms with Crippen molar-refractivity contribution in [2.45, 2.75) is 18.7 Å². The molecule has 66 valence electrons. The molecule has 0 aromatic heterocycles. The van der Waals surface area contributed by atoms with Crippen LogP contribution in [-0.2, 0) is 4.79 Å². The summed E-state index contributed by atoms with van der Waals surface area (Å²) < 4.78 is 0. The Bertz CT molecular complexity index is 121. The number of hydrogen-bond acceptors (Lipinski definition) is 2. The van der Waals surface area contributed by atoms with Crippen molar-refractivity contribution in [3.8, 4) is 0 Å². The van der Waals surface area contributed by atoms with Crippen LogP contribution >= 0.6 is 23.4 Å². The van der Waals surface area contributed by atoms with E-state index >= 15 is 0 Å². The number of alkyl halides is 1. The lowest BCUT2D eigenvalue weighted by Crippen LogP contribution is -2.30. The Morgan fingerprint density at radius 2 is 2.36 bits per heavy atom. The van der Waals surface area contributed by atoms with Crippen LogP contribution in [0.2, 0.25) is 0 Å². The second kappa shape index (κ2) is 6.80. The lowest BCUT2D eigenvalue weighted by molar-refractivity contribution is -0.118. The van der Waals surface area contributed by atoms with Crippen LogP contribution in [0.25, 0.3) is 0 Å². The molecule has 0 aliphatic heterocycles. The second-order valence-corrected chi connectivity index (χ2v) is 3.73. The first-order valence-electron chi connectivity index (χ1n) is 3.60. The van der Waals surface area contributed by atoms with Gasteiger partial charge in [-0.2, -0.15) is 11.8 Å². The fourth-order valence-electron chi connectivity index (χ4n) is 0.551. The first-order valence-corrected chi connectivity index (χ1v) is 5.43. The van der Waals surface area contributed by atoms with E-state index in [9.17, 15) is 4.79 Å². The summed E-state index contributed by atoms with van der Waals surface area (Å²) in [6.07, 6.45) is 2.79. The average molecular weight is 196 g/mol. The fourth-order valence-corrected chi connectivity index (χ4v) is 0.992. The molecule has 0 saturated heterocycles. The first kappa shape index (κ1) is 11.1. The maximum absolute atomic E-state index is 10.9. The normalized spacial score (nSPS) is 12.6. The highest BCUT2D eigenvalue weighted by atomic mass is 35.5. The van der Waals surface area contributed by atoms with Crippen molar-refractivity contribution in [3.05, 3.63) is 0 Å². The molecule has 0 aliphatic rings. The number of amides is 1. The lowest BCUT2D eigenvalue weighted by Gasteiger charge is -2.07. The van der Waals surface area contributed by atoms with Crippen LogP contribution in [0.15, 0.2) is 0 Å². The zero-order chi connectivity index (χ0) is 8.69. The molecule has 0 spiro atoms. The number of carbonyl (C=O) groups excluding carboxylic acids is 1. The average Bonchev–Trinajstić information content (AvgIpc) is 2.01. The maximum Gasteiger partial charge on any atom is 0.230 e. The van der Waals surface area contributed by atoms with Crippen LogP contribution < -0.4 is 5.32 Å². The molecule has 2 nitrogen and oxygen atoms in total. The van der Waals surface area contributed by atoms with Gasteiger partial charge < -0.3 is 5.32 Å². The Balaban J connectivity index is 3.30. The van der Waals surface area contributed by atoms with Crippen LogP contribution in [0.1, 0.15) is 13.3 Å². The van der Waals surface area contributed by atoms with Gasteiger partial charge in [0.2, 0.25) is 5.91 Å². The van der Waals surface area contributed by atoms with Gasteiger partial charge in [0.15, 0.2) is 0 Å². The predicted molar refractivity (Wildman–Crippen MR) is 51.3 cm³/mol. The summed E-state index contributed by atoms with van der Waals surface area (Å²) in [7, 11) is 0. The predicted octanol–water partition coefficient (Wildman–Crippen LogP) is 1.48. The summed E-state index contributed by atoms with van der Waals surface area (Å²) >= 11 is 7.30. The molecule has 1 N–H and O–H groups in total. The molecule has 0 heterocycles. The van der Waals surface area contributed by atoms with Gasteiger partial charge in [0, 0.05) is 6.54 Å². The van der Waals surface area contributed by atoms with E-state index in [0.717, 1.165) is 6.42 Å². The second-order valence-electron chi connectivity index (χ2n) is 2.24.